The summed E-state index contributed by atoms with van der Waals surface area (Å²) in [4.78, 5) is 4.69. The highest BCUT2D eigenvalue weighted by Crippen LogP contribution is 2.36. The fourth-order valence-electron chi connectivity index (χ4n) is 3.27. The molecule has 1 unspecified atom stereocenters. The highest BCUT2D eigenvalue weighted by Gasteiger charge is 2.29. The zero-order valence-electron chi connectivity index (χ0n) is 16.5. The normalized spacial score (nSPS) is 17.9. The van der Waals surface area contributed by atoms with Crippen molar-refractivity contribution in [2.75, 3.05) is 25.7 Å². The number of sulfone groups is 1. The number of hydrogen-bond acceptors (Lipinski definition) is 10. The molecule has 3 aromatic rings. The van der Waals surface area contributed by atoms with E-state index in [-0.39, 0.29) is 17.4 Å². The molecule has 0 radical (unpaired) electrons. The van der Waals surface area contributed by atoms with Crippen molar-refractivity contribution in [3.8, 4) is 22.1 Å². The van der Waals surface area contributed by atoms with Crippen LogP contribution < -0.4 is 9.47 Å². The molecule has 0 amide bonds. The van der Waals surface area contributed by atoms with Gasteiger partial charge in [-0.05, 0) is 24.5 Å². The average Bonchev–Trinajstić information content (AvgIpc) is 3.46. The van der Waals surface area contributed by atoms with Crippen molar-refractivity contribution in [1.82, 2.24) is 15.2 Å². The number of rotatable bonds is 8. The van der Waals surface area contributed by atoms with Gasteiger partial charge in [0.1, 0.15) is 16.5 Å². The molecule has 160 valence electrons. The smallest absolute Gasteiger partial charge is 0.276 e. The van der Waals surface area contributed by atoms with Crippen LogP contribution in [-0.4, -0.2) is 49.3 Å². The van der Waals surface area contributed by atoms with E-state index in [2.05, 4.69) is 15.2 Å². The Kier molecular flexibility index (Phi) is 6.30. The Morgan fingerprint density at radius 1 is 1.27 bits per heavy atom. The first-order chi connectivity index (χ1) is 14.5. The van der Waals surface area contributed by atoms with Crippen LogP contribution in [0.4, 0.5) is 0 Å². The number of aromatic nitrogens is 3. The van der Waals surface area contributed by atoms with E-state index in [4.69, 9.17) is 13.9 Å². The molecule has 2 aromatic heterocycles. The average molecular weight is 468 g/mol. The fourth-order valence-corrected chi connectivity index (χ4v) is 6.76. The molecule has 0 spiro atoms. The number of thioether (sulfide) groups is 1. The van der Waals surface area contributed by atoms with Crippen LogP contribution in [0.15, 0.2) is 33.2 Å². The molecule has 0 aliphatic carbocycles. The molecule has 0 N–H and O–H groups in total. The fraction of sp³-hybridized carbons (Fsp3) is 0.421. The molecule has 0 bridgehead atoms. The second kappa shape index (κ2) is 8.94. The Bertz CT molecular complexity index is 1130. The van der Waals surface area contributed by atoms with Gasteiger partial charge in [0.05, 0.1) is 37.0 Å². The Hall–Kier alpha value is -2.11. The monoisotopic (exact) mass is 467 g/mol. The van der Waals surface area contributed by atoms with Gasteiger partial charge in [0.25, 0.3) is 5.22 Å². The lowest BCUT2D eigenvalue weighted by Gasteiger charge is -2.08. The van der Waals surface area contributed by atoms with Crippen molar-refractivity contribution in [3.63, 3.8) is 0 Å². The number of methoxy groups -OCH3 is 2. The first-order valence-electron chi connectivity index (χ1n) is 9.28. The number of thiazole rings is 1. The van der Waals surface area contributed by atoms with Crippen LogP contribution in [0.3, 0.4) is 0 Å². The number of nitrogens with zero attached hydrogens (tertiary/aromatic N) is 3. The summed E-state index contributed by atoms with van der Waals surface area (Å²) in [5.74, 6) is 3.03. The van der Waals surface area contributed by atoms with E-state index in [1.54, 1.807) is 14.2 Å². The third kappa shape index (κ3) is 4.96. The first kappa shape index (κ1) is 21.1. The van der Waals surface area contributed by atoms with Gasteiger partial charge in [-0.1, -0.05) is 11.8 Å². The van der Waals surface area contributed by atoms with Gasteiger partial charge in [0.15, 0.2) is 9.84 Å². The Morgan fingerprint density at radius 3 is 2.87 bits per heavy atom. The van der Waals surface area contributed by atoms with Crippen LogP contribution in [0.25, 0.3) is 10.6 Å². The molecule has 1 saturated heterocycles. The molecule has 11 heteroatoms. The minimum absolute atomic E-state index is 0.0638. The molecule has 1 atom stereocenters. The van der Waals surface area contributed by atoms with Crippen molar-refractivity contribution in [1.29, 1.82) is 0 Å². The van der Waals surface area contributed by atoms with Gasteiger partial charge in [-0.3, -0.25) is 0 Å². The quantitative estimate of drug-likeness (QED) is 0.460. The van der Waals surface area contributed by atoms with Gasteiger partial charge < -0.3 is 13.9 Å². The number of ether oxygens (including phenoxy) is 2. The summed E-state index contributed by atoms with van der Waals surface area (Å²) in [6, 6.07) is 5.64. The molecule has 1 aliphatic heterocycles. The summed E-state index contributed by atoms with van der Waals surface area (Å²) >= 11 is 2.95. The van der Waals surface area contributed by atoms with Gasteiger partial charge >= 0.3 is 0 Å². The van der Waals surface area contributed by atoms with E-state index in [1.807, 2.05) is 23.6 Å². The largest absolute Gasteiger partial charge is 0.497 e. The molecule has 8 nitrogen and oxygen atoms in total. The summed E-state index contributed by atoms with van der Waals surface area (Å²) in [7, 11) is 0.336. The Balaban J connectivity index is 1.37. The van der Waals surface area contributed by atoms with Gasteiger partial charge in [0, 0.05) is 23.6 Å². The van der Waals surface area contributed by atoms with Gasteiger partial charge in [-0.25, -0.2) is 13.4 Å². The molecular weight excluding hydrogens is 446 g/mol. The minimum Gasteiger partial charge on any atom is -0.497 e. The van der Waals surface area contributed by atoms with E-state index in [9.17, 15) is 8.42 Å². The van der Waals surface area contributed by atoms with Crippen molar-refractivity contribution < 1.29 is 22.3 Å². The molecule has 1 aromatic carbocycles. The summed E-state index contributed by atoms with van der Waals surface area (Å²) in [6.45, 7) is 0. The number of benzene rings is 1. The lowest BCUT2D eigenvalue weighted by molar-refractivity contribution is 0.389. The van der Waals surface area contributed by atoms with E-state index < -0.39 is 9.84 Å². The highest BCUT2D eigenvalue weighted by atomic mass is 32.2. The molecule has 3 heterocycles. The summed E-state index contributed by atoms with van der Waals surface area (Å²) in [5, 5.41) is 11.4. The predicted octanol–water partition coefficient (Wildman–Crippen LogP) is 3.48. The third-order valence-electron chi connectivity index (χ3n) is 4.77. The number of hydrogen-bond donors (Lipinski definition) is 0. The first-order valence-corrected chi connectivity index (χ1v) is 13.0. The minimum atomic E-state index is -2.90. The van der Waals surface area contributed by atoms with E-state index in [0.717, 1.165) is 22.0 Å². The predicted molar refractivity (Wildman–Crippen MR) is 115 cm³/mol. The molecule has 4 rings (SSSR count). The zero-order chi connectivity index (χ0) is 21.1. The van der Waals surface area contributed by atoms with Crippen molar-refractivity contribution in [2.45, 2.75) is 23.8 Å². The molecule has 1 aliphatic rings. The van der Waals surface area contributed by atoms with Crippen LogP contribution in [-0.2, 0) is 22.0 Å². The highest BCUT2D eigenvalue weighted by molar-refractivity contribution is 7.98. The van der Waals surface area contributed by atoms with Crippen LogP contribution in [0.2, 0.25) is 0 Å². The maximum absolute atomic E-state index is 11.6. The third-order valence-corrected chi connectivity index (χ3v) is 8.39. The van der Waals surface area contributed by atoms with Crippen LogP contribution in [0, 0.1) is 5.92 Å². The second-order valence-electron chi connectivity index (χ2n) is 6.93. The van der Waals surface area contributed by atoms with Gasteiger partial charge in [-0.15, -0.1) is 21.5 Å². The van der Waals surface area contributed by atoms with E-state index >= 15 is 0 Å². The molecule has 0 saturated carbocycles. The topological polar surface area (TPSA) is 104 Å². The summed E-state index contributed by atoms with van der Waals surface area (Å²) in [6.07, 6.45) is 1.16. The van der Waals surface area contributed by atoms with Crippen LogP contribution >= 0.6 is 23.1 Å². The maximum Gasteiger partial charge on any atom is 0.276 e. The summed E-state index contributed by atoms with van der Waals surface area (Å²) in [5.41, 5.74) is 1.81. The Morgan fingerprint density at radius 2 is 2.13 bits per heavy atom. The lowest BCUT2D eigenvalue weighted by atomic mass is 10.1. The molecular formula is C19H21N3O5S3. The van der Waals surface area contributed by atoms with Crippen molar-refractivity contribution in [2.24, 2.45) is 5.92 Å². The second-order valence-corrected chi connectivity index (χ2v) is 10.9. The SMILES string of the molecule is COc1ccc(-c2nc(CSc3nnc(CC4CCS(=O)(=O)C4)o3)cs2)c(OC)c1. The molecule has 30 heavy (non-hydrogen) atoms. The van der Waals surface area contributed by atoms with Crippen LogP contribution in [0.5, 0.6) is 11.5 Å². The van der Waals surface area contributed by atoms with Crippen molar-refractivity contribution in [3.05, 3.63) is 35.2 Å². The maximum atomic E-state index is 11.6. The van der Waals surface area contributed by atoms with Crippen LogP contribution in [0.1, 0.15) is 18.0 Å². The Labute approximate surface area is 182 Å². The van der Waals surface area contributed by atoms with E-state index in [1.165, 1.54) is 23.1 Å². The standard InChI is InChI=1S/C19H21N3O5S3/c1-25-14-3-4-15(16(8-14)26-2)18-20-13(9-28-18)10-29-19-22-21-17(27-19)7-12-5-6-30(23,24)11-12/h3-4,8-9,12H,5-7,10-11H2,1-2H3. The van der Waals surface area contributed by atoms with Crippen molar-refractivity contribution >= 4 is 32.9 Å². The van der Waals surface area contributed by atoms with Gasteiger partial charge in [-0.2, -0.15) is 0 Å². The zero-order valence-corrected chi connectivity index (χ0v) is 19.0. The molecule has 1 fully saturated rings. The summed E-state index contributed by atoms with van der Waals surface area (Å²) < 4.78 is 39.5. The van der Waals surface area contributed by atoms with E-state index in [0.29, 0.717) is 35.5 Å². The lowest BCUT2D eigenvalue weighted by Crippen LogP contribution is -2.07. The van der Waals surface area contributed by atoms with Gasteiger partial charge in [0.2, 0.25) is 5.89 Å².